The van der Waals surface area contributed by atoms with Crippen molar-refractivity contribution in [3.8, 4) is 5.75 Å². The molecular weight excluding hydrogens is 456 g/mol. The van der Waals surface area contributed by atoms with Crippen LogP contribution in [0.25, 0.3) is 0 Å². The van der Waals surface area contributed by atoms with Crippen LogP contribution in [0.1, 0.15) is 0 Å². The van der Waals surface area contributed by atoms with Gasteiger partial charge >= 0.3 is 0 Å². The van der Waals surface area contributed by atoms with E-state index in [0.717, 1.165) is 9.20 Å². The number of nitrogens with one attached hydrogen (secondary N) is 1. The fourth-order valence-corrected chi connectivity index (χ4v) is 5.04. The molecule has 1 N–H and O–H groups in total. The lowest BCUT2D eigenvalue weighted by Crippen LogP contribution is -2.38. The third-order valence-corrected chi connectivity index (χ3v) is 7.23. The predicted octanol–water partition coefficient (Wildman–Crippen LogP) is 4.90. The maximum atomic E-state index is 13.4. The molecule has 0 aliphatic rings. The molecule has 162 valence electrons. The second-order valence-corrected chi connectivity index (χ2v) is 9.56. The van der Waals surface area contributed by atoms with Crippen LogP contribution in [0.4, 0.5) is 11.4 Å². The molecule has 0 saturated heterocycles. The summed E-state index contributed by atoms with van der Waals surface area (Å²) in [4.78, 5) is 13.8. The topological polar surface area (TPSA) is 75.7 Å². The molecule has 0 atom stereocenters. The SMILES string of the molecule is COc1ccc(S(=O)(=O)N(CC(=O)Nc2ccccc2SC)c2cccc(Cl)c2)cc1. The second kappa shape index (κ2) is 10.1. The molecule has 0 unspecified atom stereocenters. The van der Waals surface area contributed by atoms with Crippen LogP contribution in [0.5, 0.6) is 5.75 Å². The van der Waals surface area contributed by atoms with Gasteiger partial charge in [0.1, 0.15) is 12.3 Å². The average Bonchev–Trinajstić information content (AvgIpc) is 2.77. The molecule has 1 amide bonds. The monoisotopic (exact) mass is 476 g/mol. The fourth-order valence-electron chi connectivity index (χ4n) is 2.89. The number of hydrogen-bond acceptors (Lipinski definition) is 5. The molecule has 0 saturated carbocycles. The summed E-state index contributed by atoms with van der Waals surface area (Å²) in [6.45, 7) is -0.419. The fraction of sp³-hybridized carbons (Fsp3) is 0.136. The minimum atomic E-state index is -4.05. The molecule has 0 bridgehead atoms. The first kappa shape index (κ1) is 23.0. The molecular formula is C22H21ClN2O4S2. The molecule has 0 spiro atoms. The van der Waals surface area contributed by atoms with E-state index in [1.807, 2.05) is 18.4 Å². The molecule has 0 aromatic heterocycles. The second-order valence-electron chi connectivity index (χ2n) is 6.42. The predicted molar refractivity (Wildman–Crippen MR) is 126 cm³/mol. The van der Waals surface area contributed by atoms with Gasteiger partial charge in [0.2, 0.25) is 5.91 Å². The standard InChI is InChI=1S/C22H21ClN2O4S2/c1-29-18-10-12-19(13-11-18)31(27,28)25(17-7-5-6-16(23)14-17)15-22(26)24-20-8-3-4-9-21(20)30-2/h3-14H,15H2,1-2H3,(H,24,26). The van der Waals surface area contributed by atoms with Crippen molar-refractivity contribution in [3.05, 3.63) is 77.8 Å². The van der Waals surface area contributed by atoms with E-state index >= 15 is 0 Å². The maximum Gasteiger partial charge on any atom is 0.264 e. The van der Waals surface area contributed by atoms with E-state index in [4.69, 9.17) is 16.3 Å². The van der Waals surface area contributed by atoms with Gasteiger partial charge in [0.25, 0.3) is 10.0 Å². The summed E-state index contributed by atoms with van der Waals surface area (Å²) >= 11 is 7.57. The quantitative estimate of drug-likeness (QED) is 0.468. The molecule has 6 nitrogen and oxygen atoms in total. The zero-order chi connectivity index (χ0) is 22.4. The lowest BCUT2D eigenvalue weighted by atomic mass is 10.3. The number of anilines is 2. The highest BCUT2D eigenvalue weighted by Crippen LogP contribution is 2.28. The Bertz CT molecular complexity index is 1170. The van der Waals surface area contributed by atoms with Crippen molar-refractivity contribution in [2.24, 2.45) is 0 Å². The third-order valence-electron chi connectivity index (χ3n) is 4.41. The Morgan fingerprint density at radius 2 is 1.77 bits per heavy atom. The molecule has 3 rings (SSSR count). The largest absolute Gasteiger partial charge is 0.497 e. The normalized spacial score (nSPS) is 11.1. The number of nitrogens with zero attached hydrogens (tertiary/aromatic N) is 1. The molecule has 9 heteroatoms. The van der Waals surface area contributed by atoms with E-state index in [1.165, 1.54) is 37.1 Å². The zero-order valence-corrected chi connectivity index (χ0v) is 19.3. The number of thioether (sulfide) groups is 1. The Morgan fingerprint density at radius 1 is 1.06 bits per heavy atom. The summed E-state index contributed by atoms with van der Waals surface area (Å²) in [5.41, 5.74) is 0.907. The van der Waals surface area contributed by atoms with Gasteiger partial charge in [0.15, 0.2) is 0 Å². The van der Waals surface area contributed by atoms with E-state index in [1.54, 1.807) is 42.5 Å². The van der Waals surface area contributed by atoms with Crippen LogP contribution in [0.2, 0.25) is 5.02 Å². The van der Waals surface area contributed by atoms with Crippen molar-refractivity contribution in [2.75, 3.05) is 29.5 Å². The van der Waals surface area contributed by atoms with Gasteiger partial charge in [0, 0.05) is 9.92 Å². The van der Waals surface area contributed by atoms with Crippen LogP contribution in [-0.4, -0.2) is 34.2 Å². The molecule has 0 aliphatic heterocycles. The van der Waals surface area contributed by atoms with Gasteiger partial charge in [-0.05, 0) is 60.9 Å². The van der Waals surface area contributed by atoms with E-state index in [9.17, 15) is 13.2 Å². The lowest BCUT2D eigenvalue weighted by Gasteiger charge is -2.24. The van der Waals surface area contributed by atoms with E-state index in [-0.39, 0.29) is 10.6 Å². The van der Waals surface area contributed by atoms with Crippen LogP contribution in [-0.2, 0) is 14.8 Å². The van der Waals surface area contributed by atoms with Gasteiger partial charge in [-0.25, -0.2) is 8.42 Å². The number of carbonyl (C=O) groups is 1. The Balaban J connectivity index is 1.95. The van der Waals surface area contributed by atoms with Crippen LogP contribution in [0.3, 0.4) is 0 Å². The Labute approximate surface area is 191 Å². The first-order chi connectivity index (χ1) is 14.8. The molecule has 0 heterocycles. The first-order valence-electron chi connectivity index (χ1n) is 9.20. The van der Waals surface area contributed by atoms with Crippen molar-refractivity contribution in [3.63, 3.8) is 0 Å². The molecule has 0 fully saturated rings. The number of methoxy groups -OCH3 is 1. The Hall–Kier alpha value is -2.68. The van der Waals surface area contributed by atoms with Gasteiger partial charge in [-0.1, -0.05) is 29.8 Å². The Kier molecular flexibility index (Phi) is 7.48. The van der Waals surface area contributed by atoms with Crippen molar-refractivity contribution in [2.45, 2.75) is 9.79 Å². The van der Waals surface area contributed by atoms with Crippen molar-refractivity contribution in [1.29, 1.82) is 0 Å². The van der Waals surface area contributed by atoms with E-state index in [2.05, 4.69) is 5.32 Å². The molecule has 0 aliphatic carbocycles. The van der Waals surface area contributed by atoms with Crippen LogP contribution >= 0.6 is 23.4 Å². The number of ether oxygens (including phenoxy) is 1. The Morgan fingerprint density at radius 3 is 2.42 bits per heavy atom. The summed E-state index contributed by atoms with van der Waals surface area (Å²) in [6, 6.07) is 19.7. The van der Waals surface area contributed by atoms with E-state index in [0.29, 0.717) is 16.5 Å². The molecule has 0 radical (unpaired) electrons. The minimum Gasteiger partial charge on any atom is -0.497 e. The van der Waals surface area contributed by atoms with Crippen LogP contribution in [0, 0.1) is 0 Å². The molecule has 31 heavy (non-hydrogen) atoms. The van der Waals surface area contributed by atoms with Gasteiger partial charge in [-0.3, -0.25) is 9.10 Å². The van der Waals surface area contributed by atoms with Crippen molar-refractivity contribution in [1.82, 2.24) is 0 Å². The number of halogens is 1. The first-order valence-corrected chi connectivity index (χ1v) is 12.2. The number of hydrogen-bond donors (Lipinski definition) is 1. The molecule has 3 aromatic carbocycles. The highest BCUT2D eigenvalue weighted by Gasteiger charge is 2.27. The summed E-state index contributed by atoms with van der Waals surface area (Å²) in [6.07, 6.45) is 1.90. The van der Waals surface area contributed by atoms with Crippen molar-refractivity contribution < 1.29 is 17.9 Å². The number of carbonyl (C=O) groups excluding carboxylic acids is 1. The van der Waals surface area contributed by atoms with Crippen LogP contribution < -0.4 is 14.4 Å². The molecule has 3 aromatic rings. The smallest absolute Gasteiger partial charge is 0.264 e. The van der Waals surface area contributed by atoms with E-state index < -0.39 is 22.5 Å². The number of sulfonamides is 1. The van der Waals surface area contributed by atoms with Crippen LogP contribution in [0.15, 0.2) is 82.6 Å². The number of amides is 1. The maximum absolute atomic E-state index is 13.4. The number of para-hydroxylation sites is 1. The summed E-state index contributed by atoms with van der Waals surface area (Å²) in [5, 5.41) is 3.16. The highest BCUT2D eigenvalue weighted by atomic mass is 35.5. The van der Waals surface area contributed by atoms with Gasteiger partial charge in [-0.15, -0.1) is 11.8 Å². The van der Waals surface area contributed by atoms with Gasteiger partial charge in [-0.2, -0.15) is 0 Å². The summed E-state index contributed by atoms with van der Waals surface area (Å²) in [7, 11) is -2.55. The minimum absolute atomic E-state index is 0.0330. The lowest BCUT2D eigenvalue weighted by molar-refractivity contribution is -0.114. The number of rotatable bonds is 8. The van der Waals surface area contributed by atoms with Crippen molar-refractivity contribution >= 4 is 50.7 Å². The highest BCUT2D eigenvalue weighted by molar-refractivity contribution is 7.98. The van der Waals surface area contributed by atoms with Gasteiger partial charge in [0.05, 0.1) is 23.4 Å². The summed E-state index contributed by atoms with van der Waals surface area (Å²) < 4.78 is 33.0. The number of benzene rings is 3. The van der Waals surface area contributed by atoms with Gasteiger partial charge < -0.3 is 10.1 Å². The average molecular weight is 477 g/mol. The third kappa shape index (κ3) is 5.52. The summed E-state index contributed by atoms with van der Waals surface area (Å²) in [5.74, 6) is 0.0539. The zero-order valence-electron chi connectivity index (χ0n) is 16.9.